The highest BCUT2D eigenvalue weighted by Crippen LogP contribution is 2.60. The predicted molar refractivity (Wildman–Crippen MR) is 195 cm³/mol. The van der Waals surface area contributed by atoms with Crippen molar-refractivity contribution in [3.8, 4) is 45.9 Å². The Morgan fingerprint density at radius 3 is 1.67 bits per heavy atom. The van der Waals surface area contributed by atoms with Gasteiger partial charge in [-0.25, -0.2) is 15.0 Å². The van der Waals surface area contributed by atoms with E-state index in [1.807, 2.05) is 48.5 Å². The lowest BCUT2D eigenvalue weighted by Crippen LogP contribution is -2.48. The van der Waals surface area contributed by atoms with Crippen LogP contribution in [-0.4, -0.2) is 19.5 Å². The Morgan fingerprint density at radius 2 is 1.06 bits per heavy atom. The fourth-order valence-electron chi connectivity index (χ4n) is 9.87. The zero-order valence-electron chi connectivity index (χ0n) is 27.3. The molecule has 4 aliphatic rings. The molecule has 0 radical (unpaired) electrons. The molecule has 0 amide bonds. The summed E-state index contributed by atoms with van der Waals surface area (Å²) in [6, 6.07) is 44.4. The molecule has 4 aliphatic carbocycles. The van der Waals surface area contributed by atoms with Crippen molar-refractivity contribution in [2.24, 2.45) is 17.8 Å². The second-order valence-corrected chi connectivity index (χ2v) is 14.7. The molecule has 4 fully saturated rings. The van der Waals surface area contributed by atoms with Crippen LogP contribution in [0.25, 0.3) is 61.7 Å². The Balaban J connectivity index is 1.11. The fourth-order valence-corrected chi connectivity index (χ4v) is 9.87. The van der Waals surface area contributed by atoms with E-state index >= 15 is 0 Å². The third-order valence-corrected chi connectivity index (χ3v) is 11.6. The van der Waals surface area contributed by atoms with Crippen LogP contribution in [0.15, 0.2) is 121 Å². The molecule has 49 heavy (non-hydrogen) atoms. The van der Waals surface area contributed by atoms with Crippen LogP contribution in [-0.2, 0) is 5.41 Å². The first kappa shape index (κ1) is 28.4. The third kappa shape index (κ3) is 4.70. The Kier molecular flexibility index (Phi) is 6.36. The molecule has 0 spiro atoms. The largest absolute Gasteiger partial charge is 0.309 e. The number of rotatable bonds is 5. The van der Waals surface area contributed by atoms with Gasteiger partial charge in [-0.05, 0) is 97.6 Å². The van der Waals surface area contributed by atoms with Crippen LogP contribution in [0.1, 0.15) is 49.7 Å². The molecule has 0 unspecified atom stereocenters. The minimum atomic E-state index is 0.355. The molecule has 236 valence electrons. The van der Waals surface area contributed by atoms with Gasteiger partial charge in [-0.15, -0.1) is 0 Å². The van der Waals surface area contributed by atoms with Crippen molar-refractivity contribution in [3.63, 3.8) is 0 Å². The summed E-state index contributed by atoms with van der Waals surface area (Å²) >= 11 is 0. The van der Waals surface area contributed by atoms with Gasteiger partial charge in [0.2, 0.25) is 0 Å². The van der Waals surface area contributed by atoms with Crippen LogP contribution in [0.4, 0.5) is 0 Å². The summed E-state index contributed by atoms with van der Waals surface area (Å²) in [6.45, 7) is 0. The van der Waals surface area contributed by atoms with Gasteiger partial charge in [-0.3, -0.25) is 0 Å². The van der Waals surface area contributed by atoms with Gasteiger partial charge in [0.15, 0.2) is 17.5 Å². The van der Waals surface area contributed by atoms with Crippen molar-refractivity contribution >= 4 is 21.8 Å². The van der Waals surface area contributed by atoms with Crippen LogP contribution in [0, 0.1) is 29.1 Å². The lowest BCUT2D eigenvalue weighted by Gasteiger charge is -2.57. The monoisotopic (exact) mass is 633 g/mol. The van der Waals surface area contributed by atoms with E-state index in [1.54, 1.807) is 0 Å². The minimum Gasteiger partial charge on any atom is -0.309 e. The maximum atomic E-state index is 9.72. The fraction of sp³-hybridized carbons (Fsp3) is 0.227. The summed E-state index contributed by atoms with van der Waals surface area (Å²) < 4.78 is 2.23. The lowest BCUT2D eigenvalue weighted by molar-refractivity contribution is -0.00518. The molecule has 0 atom stereocenters. The zero-order valence-corrected chi connectivity index (χ0v) is 27.3. The maximum Gasteiger partial charge on any atom is 0.164 e. The molecule has 2 heterocycles. The highest BCUT2D eigenvalue weighted by molar-refractivity contribution is 6.10. The van der Waals surface area contributed by atoms with E-state index < -0.39 is 0 Å². The SMILES string of the molecule is N#Cc1ccc2c3ccc(-c4nc(-c5ccccc5)nc(-c5ccc(C67CC8CC(CC(C8)C6)C7)cc5)n4)cc3n(-c3ccccc3)c2c1. The molecule has 5 nitrogen and oxygen atoms in total. The summed E-state index contributed by atoms with van der Waals surface area (Å²) in [4.78, 5) is 15.2. The molecule has 0 saturated heterocycles. The van der Waals surface area contributed by atoms with Gasteiger partial charge in [0.1, 0.15) is 0 Å². The number of nitrogens with zero attached hydrogens (tertiary/aromatic N) is 5. The number of fused-ring (bicyclic) bond motifs is 3. The second-order valence-electron chi connectivity index (χ2n) is 14.7. The van der Waals surface area contributed by atoms with E-state index in [1.165, 1.54) is 44.1 Å². The smallest absolute Gasteiger partial charge is 0.164 e. The van der Waals surface area contributed by atoms with E-state index in [-0.39, 0.29) is 0 Å². The molecule has 5 aromatic carbocycles. The Hall–Kier alpha value is -5.60. The summed E-state index contributed by atoms with van der Waals surface area (Å²) in [5.41, 5.74) is 8.46. The summed E-state index contributed by atoms with van der Waals surface area (Å²) in [6.07, 6.45) is 8.41. The highest BCUT2D eigenvalue weighted by atomic mass is 15.0. The Bertz CT molecular complexity index is 2380. The van der Waals surface area contributed by atoms with Crippen molar-refractivity contribution in [2.75, 3.05) is 0 Å². The number of hydrogen-bond acceptors (Lipinski definition) is 4. The highest BCUT2D eigenvalue weighted by Gasteiger charge is 2.51. The van der Waals surface area contributed by atoms with E-state index in [2.05, 4.69) is 83.4 Å². The first-order valence-electron chi connectivity index (χ1n) is 17.6. The molecule has 4 bridgehead atoms. The average Bonchev–Trinajstić information content (AvgIpc) is 3.47. The van der Waals surface area contributed by atoms with Crippen molar-refractivity contribution in [2.45, 2.75) is 43.9 Å². The van der Waals surface area contributed by atoms with E-state index in [4.69, 9.17) is 15.0 Å². The first-order chi connectivity index (χ1) is 24.1. The molecule has 0 N–H and O–H groups in total. The van der Waals surface area contributed by atoms with Gasteiger partial charge in [0, 0.05) is 33.2 Å². The molecule has 2 aromatic heterocycles. The molecule has 7 aromatic rings. The van der Waals surface area contributed by atoms with Crippen LogP contribution < -0.4 is 0 Å². The molecule has 5 heteroatoms. The minimum absolute atomic E-state index is 0.355. The molecule has 0 aliphatic heterocycles. The molecule has 11 rings (SSSR count). The van der Waals surface area contributed by atoms with Crippen molar-refractivity contribution in [3.05, 3.63) is 132 Å². The first-order valence-corrected chi connectivity index (χ1v) is 17.6. The van der Waals surface area contributed by atoms with Crippen LogP contribution in [0.5, 0.6) is 0 Å². The second kappa shape index (κ2) is 11.0. The number of benzene rings is 5. The summed E-state index contributed by atoms with van der Waals surface area (Å²) in [7, 11) is 0. The van der Waals surface area contributed by atoms with Crippen LogP contribution in [0.3, 0.4) is 0 Å². The van der Waals surface area contributed by atoms with Crippen molar-refractivity contribution in [1.29, 1.82) is 5.26 Å². The topological polar surface area (TPSA) is 67.4 Å². The molecular formula is C44H35N5. The Morgan fingerprint density at radius 1 is 0.551 bits per heavy atom. The average molecular weight is 634 g/mol. The lowest BCUT2D eigenvalue weighted by atomic mass is 9.48. The van der Waals surface area contributed by atoms with E-state index in [0.717, 1.165) is 61.9 Å². The van der Waals surface area contributed by atoms with Gasteiger partial charge in [-0.2, -0.15) is 5.26 Å². The summed E-state index contributed by atoms with van der Waals surface area (Å²) in [5.74, 6) is 4.72. The normalized spacial score (nSPS) is 22.5. The number of nitriles is 1. The standard InChI is InChI=1S/C44H35N5/c45-27-28-11-17-37-38-18-14-34(23-40(38)49(39(37)22-28)36-9-5-2-6-10-36)43-47-41(32-7-3-1-4-8-32)46-42(48-43)33-12-15-35(16-13-33)44-24-29-19-30(25-44)21-31(20-29)26-44/h1-18,22-23,29-31H,19-21,24-26H2. The number of para-hydroxylation sites is 1. The molecular weight excluding hydrogens is 599 g/mol. The van der Waals surface area contributed by atoms with Gasteiger partial charge in [0.05, 0.1) is 22.7 Å². The van der Waals surface area contributed by atoms with Crippen molar-refractivity contribution < 1.29 is 0 Å². The van der Waals surface area contributed by atoms with Crippen LogP contribution >= 0.6 is 0 Å². The van der Waals surface area contributed by atoms with Gasteiger partial charge in [0.25, 0.3) is 0 Å². The number of aromatic nitrogens is 4. The van der Waals surface area contributed by atoms with Gasteiger partial charge < -0.3 is 4.57 Å². The Labute approximate surface area is 285 Å². The zero-order chi connectivity index (χ0) is 32.5. The van der Waals surface area contributed by atoms with E-state index in [9.17, 15) is 5.26 Å². The van der Waals surface area contributed by atoms with Gasteiger partial charge >= 0.3 is 0 Å². The van der Waals surface area contributed by atoms with E-state index in [0.29, 0.717) is 28.5 Å². The number of hydrogen-bond donors (Lipinski definition) is 0. The van der Waals surface area contributed by atoms with Crippen LogP contribution in [0.2, 0.25) is 0 Å². The quantitative estimate of drug-likeness (QED) is 0.189. The van der Waals surface area contributed by atoms with Crippen molar-refractivity contribution in [1.82, 2.24) is 19.5 Å². The predicted octanol–water partition coefficient (Wildman–Crippen LogP) is 10.3. The third-order valence-electron chi connectivity index (χ3n) is 11.6. The summed E-state index contributed by atoms with van der Waals surface area (Å²) in [5, 5.41) is 11.9. The van der Waals surface area contributed by atoms with Gasteiger partial charge in [-0.1, -0.05) is 91.0 Å². The molecule has 4 saturated carbocycles. The maximum absolute atomic E-state index is 9.72.